The Morgan fingerprint density at radius 1 is 1.19 bits per heavy atom. The number of hydrogen-bond acceptors (Lipinski definition) is 6. The molecule has 1 aromatic carbocycles. The van der Waals surface area contributed by atoms with Crippen LogP contribution in [0.2, 0.25) is 0 Å². The van der Waals surface area contributed by atoms with E-state index in [0.29, 0.717) is 18.7 Å². The number of pyridine rings is 2. The van der Waals surface area contributed by atoms with Crippen LogP contribution in [0.5, 0.6) is 5.75 Å². The Balaban J connectivity index is 1.47. The van der Waals surface area contributed by atoms with Gasteiger partial charge in [-0.3, -0.25) is 9.78 Å². The molecule has 7 heteroatoms. The van der Waals surface area contributed by atoms with Gasteiger partial charge in [0, 0.05) is 43.0 Å². The van der Waals surface area contributed by atoms with Gasteiger partial charge < -0.3 is 20.3 Å². The second kappa shape index (κ2) is 11.0. The Kier molecular flexibility index (Phi) is 7.64. The summed E-state index contributed by atoms with van der Waals surface area (Å²) in [5.41, 5.74) is 3.06. The largest absolute Gasteiger partial charge is 0.494 e. The molecule has 1 aliphatic rings. The summed E-state index contributed by atoms with van der Waals surface area (Å²) in [6, 6.07) is 11.5. The molecule has 1 fully saturated rings. The highest BCUT2D eigenvalue weighted by Crippen LogP contribution is 2.26. The number of nitrogens with one attached hydrogen (secondary N) is 2. The summed E-state index contributed by atoms with van der Waals surface area (Å²) < 4.78 is 5.53. The van der Waals surface area contributed by atoms with E-state index < -0.39 is 0 Å². The minimum absolute atomic E-state index is 0.0879. The molecule has 0 radical (unpaired) electrons. The maximum Gasteiger partial charge on any atom is 0.252 e. The lowest BCUT2D eigenvalue weighted by Crippen LogP contribution is -2.32. The molecule has 0 atom stereocenters. The van der Waals surface area contributed by atoms with Gasteiger partial charge in [0.05, 0.1) is 23.4 Å². The van der Waals surface area contributed by atoms with Gasteiger partial charge in [-0.1, -0.05) is 0 Å². The summed E-state index contributed by atoms with van der Waals surface area (Å²) in [4.78, 5) is 24.5. The zero-order valence-corrected chi connectivity index (χ0v) is 18.6. The molecule has 1 amide bonds. The molecule has 3 heterocycles. The van der Waals surface area contributed by atoms with E-state index in [4.69, 9.17) is 9.72 Å². The summed E-state index contributed by atoms with van der Waals surface area (Å²) in [5, 5.41) is 7.28. The van der Waals surface area contributed by atoms with Crippen molar-refractivity contribution in [3.8, 4) is 17.0 Å². The molecule has 4 rings (SSSR count). The quantitative estimate of drug-likeness (QED) is 0.532. The van der Waals surface area contributed by atoms with E-state index in [1.54, 1.807) is 12.4 Å². The number of ether oxygens (including phenoxy) is 1. The van der Waals surface area contributed by atoms with Gasteiger partial charge in [0.15, 0.2) is 0 Å². The summed E-state index contributed by atoms with van der Waals surface area (Å²) >= 11 is 0. The molecular weight excluding hydrogens is 402 g/mol. The minimum atomic E-state index is -0.0879. The van der Waals surface area contributed by atoms with E-state index in [1.165, 1.54) is 6.42 Å². The van der Waals surface area contributed by atoms with Crippen molar-refractivity contribution in [2.75, 3.05) is 45.9 Å². The fourth-order valence-electron chi connectivity index (χ4n) is 4.02. The summed E-state index contributed by atoms with van der Waals surface area (Å²) in [7, 11) is 0. The number of amides is 1. The van der Waals surface area contributed by atoms with Crippen LogP contribution >= 0.6 is 0 Å². The molecule has 2 N–H and O–H groups in total. The van der Waals surface area contributed by atoms with Crippen molar-refractivity contribution in [3.63, 3.8) is 0 Å². The summed E-state index contributed by atoms with van der Waals surface area (Å²) in [6.45, 7) is 8.54. The monoisotopic (exact) mass is 433 g/mol. The van der Waals surface area contributed by atoms with Crippen molar-refractivity contribution in [2.45, 2.75) is 19.8 Å². The average molecular weight is 434 g/mol. The van der Waals surface area contributed by atoms with Crippen LogP contribution in [0.4, 0.5) is 0 Å². The van der Waals surface area contributed by atoms with Gasteiger partial charge in [-0.2, -0.15) is 0 Å². The second-order valence-electron chi connectivity index (χ2n) is 7.96. The Hall–Kier alpha value is -3.03. The smallest absolute Gasteiger partial charge is 0.252 e. The number of benzene rings is 1. The van der Waals surface area contributed by atoms with E-state index in [9.17, 15) is 4.79 Å². The van der Waals surface area contributed by atoms with E-state index >= 15 is 0 Å². The maximum absolute atomic E-state index is 13.1. The molecular formula is C25H31N5O2. The van der Waals surface area contributed by atoms with Crippen LogP contribution in [0.25, 0.3) is 22.2 Å². The Morgan fingerprint density at radius 2 is 2.06 bits per heavy atom. The molecule has 3 aromatic rings. The summed E-state index contributed by atoms with van der Waals surface area (Å²) in [5.74, 6) is 0.731. The van der Waals surface area contributed by atoms with Crippen LogP contribution in [0, 0.1) is 0 Å². The Bertz CT molecular complexity index is 1030. The number of carbonyl (C=O) groups is 1. The van der Waals surface area contributed by atoms with E-state index in [-0.39, 0.29) is 5.91 Å². The Labute approximate surface area is 189 Å². The molecule has 0 saturated carbocycles. The number of hydrogen-bond donors (Lipinski definition) is 2. The third kappa shape index (κ3) is 5.60. The zero-order valence-electron chi connectivity index (χ0n) is 18.6. The fourth-order valence-corrected chi connectivity index (χ4v) is 4.02. The Morgan fingerprint density at radius 3 is 2.91 bits per heavy atom. The SMILES string of the molecule is CCOc1ccc(-c2cc(C(=O)NCCCN3CCCNCC3)c3cnccc3n2)cc1. The van der Waals surface area contributed by atoms with E-state index in [2.05, 4.69) is 20.5 Å². The highest BCUT2D eigenvalue weighted by molar-refractivity contribution is 6.06. The van der Waals surface area contributed by atoms with Crippen LogP contribution in [-0.2, 0) is 0 Å². The molecule has 32 heavy (non-hydrogen) atoms. The van der Waals surface area contributed by atoms with Crippen molar-refractivity contribution >= 4 is 16.8 Å². The first-order valence-electron chi connectivity index (χ1n) is 11.4. The van der Waals surface area contributed by atoms with Gasteiger partial charge in [-0.15, -0.1) is 0 Å². The van der Waals surface area contributed by atoms with Crippen molar-refractivity contribution < 1.29 is 9.53 Å². The molecule has 0 bridgehead atoms. The highest BCUT2D eigenvalue weighted by Gasteiger charge is 2.15. The van der Waals surface area contributed by atoms with Crippen molar-refractivity contribution in [1.29, 1.82) is 0 Å². The molecule has 1 saturated heterocycles. The van der Waals surface area contributed by atoms with Crippen LogP contribution in [-0.4, -0.2) is 66.7 Å². The third-order valence-corrected chi connectivity index (χ3v) is 5.69. The van der Waals surface area contributed by atoms with Crippen molar-refractivity contribution in [1.82, 2.24) is 25.5 Å². The van der Waals surface area contributed by atoms with Crippen molar-refractivity contribution in [2.24, 2.45) is 0 Å². The summed E-state index contributed by atoms with van der Waals surface area (Å²) in [6.07, 6.45) is 5.52. The molecule has 0 unspecified atom stereocenters. The topological polar surface area (TPSA) is 79.4 Å². The van der Waals surface area contributed by atoms with Gasteiger partial charge in [0.1, 0.15) is 5.75 Å². The third-order valence-electron chi connectivity index (χ3n) is 5.69. The van der Waals surface area contributed by atoms with Gasteiger partial charge >= 0.3 is 0 Å². The van der Waals surface area contributed by atoms with Gasteiger partial charge in [0.2, 0.25) is 0 Å². The number of fused-ring (bicyclic) bond motifs is 1. The highest BCUT2D eigenvalue weighted by atomic mass is 16.5. The molecule has 7 nitrogen and oxygen atoms in total. The fraction of sp³-hybridized carbons (Fsp3) is 0.400. The van der Waals surface area contributed by atoms with Gasteiger partial charge in [-0.25, -0.2) is 4.98 Å². The van der Waals surface area contributed by atoms with Gasteiger partial charge in [0.25, 0.3) is 5.91 Å². The molecule has 168 valence electrons. The predicted molar refractivity (Wildman–Crippen MR) is 127 cm³/mol. The van der Waals surface area contributed by atoms with Crippen molar-refractivity contribution in [3.05, 3.63) is 54.4 Å². The van der Waals surface area contributed by atoms with Gasteiger partial charge in [-0.05, 0) is 75.8 Å². The maximum atomic E-state index is 13.1. The predicted octanol–water partition coefficient (Wildman–Crippen LogP) is 3.11. The molecule has 1 aliphatic heterocycles. The first kappa shape index (κ1) is 22.2. The lowest BCUT2D eigenvalue weighted by Gasteiger charge is -2.19. The first-order chi connectivity index (χ1) is 15.7. The zero-order chi connectivity index (χ0) is 22.2. The molecule has 0 spiro atoms. The number of aromatic nitrogens is 2. The van der Waals surface area contributed by atoms with Crippen LogP contribution in [0.3, 0.4) is 0 Å². The average Bonchev–Trinajstić information content (AvgIpc) is 3.10. The van der Waals surface area contributed by atoms with Crippen LogP contribution in [0.15, 0.2) is 48.8 Å². The first-order valence-corrected chi connectivity index (χ1v) is 11.4. The second-order valence-corrected chi connectivity index (χ2v) is 7.96. The normalized spacial score (nSPS) is 14.8. The molecule has 2 aromatic heterocycles. The molecule has 0 aliphatic carbocycles. The van der Waals surface area contributed by atoms with Crippen LogP contribution < -0.4 is 15.4 Å². The number of carbonyl (C=O) groups excluding carboxylic acids is 1. The van der Waals surface area contributed by atoms with Crippen LogP contribution in [0.1, 0.15) is 30.1 Å². The van der Waals surface area contributed by atoms with E-state index in [1.807, 2.05) is 43.3 Å². The standard InChI is InChI=1S/C25H31N5O2/c1-2-32-20-7-5-19(6-8-20)24-17-21(22-18-27-12-9-23(22)29-24)25(31)28-11-4-15-30-14-3-10-26-13-16-30/h5-9,12,17-18,26H,2-4,10-11,13-16H2,1H3,(H,28,31). The minimum Gasteiger partial charge on any atom is -0.494 e. The van der Waals surface area contributed by atoms with E-state index in [0.717, 1.165) is 67.1 Å². The number of nitrogens with zero attached hydrogens (tertiary/aromatic N) is 3. The lowest BCUT2D eigenvalue weighted by atomic mass is 10.0. The number of rotatable bonds is 8. The lowest BCUT2D eigenvalue weighted by molar-refractivity contribution is 0.0953.